The number of aromatic nitrogens is 2. The van der Waals surface area contributed by atoms with Crippen LogP contribution in [0.4, 0.5) is 11.5 Å². The smallest absolute Gasteiger partial charge is 0.238 e. The molecular formula is C23H32N6O2. The predicted molar refractivity (Wildman–Crippen MR) is 121 cm³/mol. The molecule has 31 heavy (non-hydrogen) atoms. The van der Waals surface area contributed by atoms with Gasteiger partial charge in [-0.05, 0) is 49.7 Å². The van der Waals surface area contributed by atoms with Crippen LogP contribution in [0.3, 0.4) is 0 Å². The maximum absolute atomic E-state index is 12.5. The Hall–Kier alpha value is -2.55. The summed E-state index contributed by atoms with van der Waals surface area (Å²) in [6.45, 7) is 6.64. The summed E-state index contributed by atoms with van der Waals surface area (Å²) in [5.74, 6) is 0.924. The van der Waals surface area contributed by atoms with Gasteiger partial charge in [-0.25, -0.2) is 0 Å². The number of rotatable bonds is 8. The summed E-state index contributed by atoms with van der Waals surface area (Å²) in [6, 6.07) is 12.4. The SMILES string of the molecule is CN(CC(=O)Nc1ccc(CN2CCOCC2)cc1)CC1CCCN1c1cccnn1. The summed E-state index contributed by atoms with van der Waals surface area (Å²) in [6.07, 6.45) is 3.94. The third kappa shape index (κ3) is 6.22. The maximum atomic E-state index is 12.5. The van der Waals surface area contributed by atoms with E-state index in [2.05, 4.69) is 42.3 Å². The monoisotopic (exact) mass is 424 g/mol. The fourth-order valence-electron chi connectivity index (χ4n) is 4.35. The molecule has 1 unspecified atom stereocenters. The zero-order valence-electron chi connectivity index (χ0n) is 18.2. The Morgan fingerprint density at radius 1 is 1.19 bits per heavy atom. The molecule has 0 bridgehead atoms. The number of nitrogens with one attached hydrogen (secondary N) is 1. The van der Waals surface area contributed by atoms with Gasteiger partial charge >= 0.3 is 0 Å². The van der Waals surface area contributed by atoms with E-state index in [-0.39, 0.29) is 5.91 Å². The highest BCUT2D eigenvalue weighted by Crippen LogP contribution is 2.23. The van der Waals surface area contributed by atoms with E-state index in [0.717, 1.165) is 70.3 Å². The average Bonchev–Trinajstić information content (AvgIpc) is 3.24. The lowest BCUT2D eigenvalue weighted by Gasteiger charge is -2.29. The van der Waals surface area contributed by atoms with E-state index in [0.29, 0.717) is 12.6 Å². The van der Waals surface area contributed by atoms with Crippen molar-refractivity contribution in [3.63, 3.8) is 0 Å². The molecule has 2 aromatic rings. The number of carbonyl (C=O) groups excluding carboxylic acids is 1. The van der Waals surface area contributed by atoms with Crippen molar-refractivity contribution in [2.75, 3.05) is 63.2 Å². The Morgan fingerprint density at radius 2 is 2.00 bits per heavy atom. The summed E-state index contributed by atoms with van der Waals surface area (Å²) in [5.41, 5.74) is 2.09. The summed E-state index contributed by atoms with van der Waals surface area (Å²) >= 11 is 0. The van der Waals surface area contributed by atoms with Crippen molar-refractivity contribution in [3.05, 3.63) is 48.2 Å². The number of nitrogens with zero attached hydrogens (tertiary/aromatic N) is 5. The molecule has 1 atom stereocenters. The zero-order valence-corrected chi connectivity index (χ0v) is 18.2. The summed E-state index contributed by atoms with van der Waals surface area (Å²) in [5, 5.41) is 11.3. The van der Waals surface area contributed by atoms with Crippen LogP contribution in [0, 0.1) is 0 Å². The molecule has 2 aliphatic heterocycles. The van der Waals surface area contributed by atoms with Crippen LogP contribution in [0.25, 0.3) is 0 Å². The lowest BCUT2D eigenvalue weighted by molar-refractivity contribution is -0.117. The fourth-order valence-corrected chi connectivity index (χ4v) is 4.35. The Kier molecular flexibility index (Phi) is 7.45. The van der Waals surface area contributed by atoms with Gasteiger partial charge in [0.05, 0.1) is 19.8 Å². The van der Waals surface area contributed by atoms with E-state index in [9.17, 15) is 4.79 Å². The molecule has 2 saturated heterocycles. The van der Waals surface area contributed by atoms with Gasteiger partial charge in [0.25, 0.3) is 0 Å². The standard InChI is InChI=1S/C23H32N6O2/c1-27(17-21-4-3-11-29(21)22-5-2-10-24-26-22)18-23(30)25-20-8-6-19(7-9-20)16-28-12-14-31-15-13-28/h2,5-10,21H,3-4,11-18H2,1H3,(H,25,30). The minimum absolute atomic E-state index is 0.00692. The third-order valence-corrected chi connectivity index (χ3v) is 5.91. The zero-order chi connectivity index (χ0) is 21.5. The van der Waals surface area contributed by atoms with Crippen LogP contribution in [-0.4, -0.2) is 84.9 Å². The van der Waals surface area contributed by atoms with Gasteiger partial charge in [0.15, 0.2) is 5.82 Å². The highest BCUT2D eigenvalue weighted by atomic mass is 16.5. The molecule has 3 heterocycles. The summed E-state index contributed by atoms with van der Waals surface area (Å²) < 4.78 is 5.40. The van der Waals surface area contributed by atoms with Gasteiger partial charge in [0.1, 0.15) is 0 Å². The topological polar surface area (TPSA) is 73.8 Å². The second-order valence-electron chi connectivity index (χ2n) is 8.40. The highest BCUT2D eigenvalue weighted by molar-refractivity contribution is 5.92. The molecule has 2 fully saturated rings. The number of likely N-dealkylation sites (N-methyl/N-ethyl adjacent to an activating group) is 1. The van der Waals surface area contributed by atoms with E-state index >= 15 is 0 Å². The first-order valence-corrected chi connectivity index (χ1v) is 11.1. The van der Waals surface area contributed by atoms with Crippen LogP contribution >= 0.6 is 0 Å². The number of ether oxygens (including phenoxy) is 1. The van der Waals surface area contributed by atoms with Gasteiger partial charge in [-0.2, -0.15) is 5.10 Å². The van der Waals surface area contributed by atoms with Gasteiger partial charge in [-0.15, -0.1) is 5.10 Å². The van der Waals surface area contributed by atoms with E-state index in [1.54, 1.807) is 6.20 Å². The van der Waals surface area contributed by atoms with Crippen molar-refractivity contribution in [2.24, 2.45) is 0 Å². The van der Waals surface area contributed by atoms with Crippen LogP contribution in [0.2, 0.25) is 0 Å². The van der Waals surface area contributed by atoms with Crippen molar-refractivity contribution in [1.29, 1.82) is 0 Å². The molecule has 166 valence electrons. The second-order valence-corrected chi connectivity index (χ2v) is 8.40. The second kappa shape index (κ2) is 10.7. The Balaban J connectivity index is 1.23. The number of morpholine rings is 1. The molecule has 1 amide bonds. The minimum atomic E-state index is 0.00692. The molecule has 2 aliphatic rings. The van der Waals surface area contributed by atoms with Gasteiger partial charge < -0.3 is 15.0 Å². The molecule has 4 rings (SSSR count). The van der Waals surface area contributed by atoms with E-state index in [4.69, 9.17) is 4.74 Å². The number of hydrogen-bond acceptors (Lipinski definition) is 7. The van der Waals surface area contributed by atoms with Crippen molar-refractivity contribution in [1.82, 2.24) is 20.0 Å². The molecule has 8 nitrogen and oxygen atoms in total. The van der Waals surface area contributed by atoms with E-state index in [1.165, 1.54) is 5.56 Å². The minimum Gasteiger partial charge on any atom is -0.379 e. The average molecular weight is 425 g/mol. The first-order chi connectivity index (χ1) is 15.2. The molecule has 0 aliphatic carbocycles. The number of amides is 1. The summed E-state index contributed by atoms with van der Waals surface area (Å²) in [4.78, 5) is 19.3. The van der Waals surface area contributed by atoms with Crippen LogP contribution in [-0.2, 0) is 16.1 Å². The molecule has 1 aromatic carbocycles. The molecular weight excluding hydrogens is 392 g/mol. The molecule has 8 heteroatoms. The largest absolute Gasteiger partial charge is 0.379 e. The van der Waals surface area contributed by atoms with Crippen molar-refractivity contribution in [2.45, 2.75) is 25.4 Å². The number of hydrogen-bond donors (Lipinski definition) is 1. The maximum Gasteiger partial charge on any atom is 0.238 e. The van der Waals surface area contributed by atoms with Crippen LogP contribution < -0.4 is 10.2 Å². The normalized spacial score (nSPS) is 19.7. The first-order valence-electron chi connectivity index (χ1n) is 11.1. The Morgan fingerprint density at radius 3 is 2.74 bits per heavy atom. The quantitative estimate of drug-likeness (QED) is 0.693. The van der Waals surface area contributed by atoms with Crippen LogP contribution in [0.15, 0.2) is 42.6 Å². The van der Waals surface area contributed by atoms with Gasteiger partial charge in [0, 0.05) is 50.6 Å². The van der Waals surface area contributed by atoms with Crippen molar-refractivity contribution < 1.29 is 9.53 Å². The van der Waals surface area contributed by atoms with Crippen LogP contribution in [0.5, 0.6) is 0 Å². The molecule has 1 aromatic heterocycles. The first kappa shape index (κ1) is 21.7. The predicted octanol–water partition coefficient (Wildman–Crippen LogP) is 1.85. The number of benzene rings is 1. The fraction of sp³-hybridized carbons (Fsp3) is 0.522. The third-order valence-electron chi connectivity index (χ3n) is 5.91. The highest BCUT2D eigenvalue weighted by Gasteiger charge is 2.27. The Bertz CT molecular complexity index is 826. The van der Waals surface area contributed by atoms with Crippen LogP contribution in [0.1, 0.15) is 18.4 Å². The van der Waals surface area contributed by atoms with Gasteiger partial charge in [0.2, 0.25) is 5.91 Å². The Labute approximate surface area is 184 Å². The van der Waals surface area contributed by atoms with Crippen molar-refractivity contribution in [3.8, 4) is 0 Å². The molecule has 0 spiro atoms. The van der Waals surface area contributed by atoms with Gasteiger partial charge in [-0.1, -0.05) is 12.1 Å². The van der Waals surface area contributed by atoms with E-state index in [1.807, 2.05) is 31.3 Å². The molecule has 0 saturated carbocycles. The van der Waals surface area contributed by atoms with E-state index < -0.39 is 0 Å². The lowest BCUT2D eigenvalue weighted by atomic mass is 10.2. The van der Waals surface area contributed by atoms with Gasteiger partial charge in [-0.3, -0.25) is 14.6 Å². The molecule has 1 N–H and O–H groups in total. The molecule has 0 radical (unpaired) electrons. The number of carbonyl (C=O) groups is 1. The van der Waals surface area contributed by atoms with Crippen molar-refractivity contribution >= 4 is 17.4 Å². The number of anilines is 2. The summed E-state index contributed by atoms with van der Waals surface area (Å²) in [7, 11) is 2.00. The lowest BCUT2D eigenvalue weighted by Crippen LogP contribution is -2.42.